The zero-order valence-electron chi connectivity index (χ0n) is 8.31. The van der Waals surface area contributed by atoms with Crippen molar-refractivity contribution in [3.05, 3.63) is 34.4 Å². The van der Waals surface area contributed by atoms with Crippen molar-refractivity contribution in [2.75, 3.05) is 5.73 Å². The van der Waals surface area contributed by atoms with E-state index in [1.807, 2.05) is 12.1 Å². The van der Waals surface area contributed by atoms with Crippen molar-refractivity contribution in [1.29, 1.82) is 0 Å². The zero-order valence-corrected chi connectivity index (χ0v) is 9.90. The van der Waals surface area contributed by atoms with Crippen LogP contribution in [-0.2, 0) is 6.42 Å². The fraction of sp³-hybridized carbons (Fsp3) is 0.200. The van der Waals surface area contributed by atoms with E-state index in [-0.39, 0.29) is 0 Å². The van der Waals surface area contributed by atoms with Crippen LogP contribution in [0.4, 0.5) is 5.82 Å². The fourth-order valence-electron chi connectivity index (χ4n) is 1.42. The molecule has 0 fully saturated rings. The van der Waals surface area contributed by atoms with Gasteiger partial charge in [0.2, 0.25) is 0 Å². The van der Waals surface area contributed by atoms with Crippen LogP contribution in [-0.4, -0.2) is 15.0 Å². The molecule has 78 valence electrons. The molecule has 2 rings (SSSR count). The van der Waals surface area contributed by atoms with Gasteiger partial charge in [-0.1, -0.05) is 22.9 Å². The smallest absolute Gasteiger partial charge is 0.166 e. The largest absolute Gasteiger partial charge is 0.381 e. The van der Waals surface area contributed by atoms with Crippen molar-refractivity contribution >= 4 is 21.7 Å². The van der Waals surface area contributed by atoms with E-state index in [4.69, 9.17) is 5.73 Å². The van der Waals surface area contributed by atoms with E-state index >= 15 is 0 Å². The third kappa shape index (κ3) is 2.02. The van der Waals surface area contributed by atoms with Gasteiger partial charge in [-0.2, -0.15) is 5.10 Å². The van der Waals surface area contributed by atoms with Crippen LogP contribution in [0.1, 0.15) is 12.5 Å². The van der Waals surface area contributed by atoms with Gasteiger partial charge in [0, 0.05) is 4.47 Å². The normalized spacial score (nSPS) is 10.5. The predicted octanol–water partition coefficient (Wildman–Crippen LogP) is 2.17. The summed E-state index contributed by atoms with van der Waals surface area (Å²) in [5.74, 6) is 0.431. The number of nitrogens with two attached hydrogens (primary N) is 1. The van der Waals surface area contributed by atoms with Crippen LogP contribution in [0, 0.1) is 0 Å². The predicted molar refractivity (Wildman–Crippen MR) is 62.8 cm³/mol. The molecule has 1 aromatic carbocycles. The Bertz CT molecular complexity index is 478. The van der Waals surface area contributed by atoms with Gasteiger partial charge in [0.15, 0.2) is 5.82 Å². The number of hydrogen-bond acceptors (Lipinski definition) is 3. The number of hydrogen-bond donors (Lipinski definition) is 1. The van der Waals surface area contributed by atoms with Crippen molar-refractivity contribution < 1.29 is 0 Å². The van der Waals surface area contributed by atoms with Gasteiger partial charge in [-0.3, -0.25) is 0 Å². The molecular weight excluding hydrogens is 256 g/mol. The van der Waals surface area contributed by atoms with Crippen LogP contribution >= 0.6 is 15.9 Å². The maximum atomic E-state index is 5.53. The number of aryl methyl sites for hydroxylation is 1. The van der Waals surface area contributed by atoms with Gasteiger partial charge >= 0.3 is 0 Å². The number of aromatic nitrogens is 3. The van der Waals surface area contributed by atoms with Gasteiger partial charge in [0.05, 0.1) is 11.9 Å². The second-order valence-electron chi connectivity index (χ2n) is 3.19. The quantitative estimate of drug-likeness (QED) is 0.907. The summed E-state index contributed by atoms with van der Waals surface area (Å²) in [6.45, 7) is 2.10. The molecule has 0 radical (unpaired) electrons. The minimum Gasteiger partial charge on any atom is -0.381 e. The lowest BCUT2D eigenvalue weighted by molar-refractivity contribution is 0.744. The second kappa shape index (κ2) is 4.02. The van der Waals surface area contributed by atoms with Gasteiger partial charge in [-0.25, -0.2) is 0 Å². The number of halogens is 1. The van der Waals surface area contributed by atoms with E-state index in [9.17, 15) is 0 Å². The first-order valence-corrected chi connectivity index (χ1v) is 5.46. The van der Waals surface area contributed by atoms with E-state index in [1.54, 1.807) is 11.0 Å². The molecule has 4 nitrogen and oxygen atoms in total. The van der Waals surface area contributed by atoms with E-state index in [0.29, 0.717) is 5.82 Å². The third-order valence-corrected chi connectivity index (χ3v) is 2.64. The number of anilines is 1. The van der Waals surface area contributed by atoms with Gasteiger partial charge in [-0.15, -0.1) is 9.90 Å². The molecule has 1 aromatic heterocycles. The molecule has 0 saturated heterocycles. The molecule has 2 aromatic rings. The Morgan fingerprint density at radius 3 is 2.87 bits per heavy atom. The Morgan fingerprint density at radius 2 is 2.27 bits per heavy atom. The molecule has 0 aliphatic heterocycles. The summed E-state index contributed by atoms with van der Waals surface area (Å²) in [7, 11) is 0. The van der Waals surface area contributed by atoms with Crippen molar-refractivity contribution in [3.63, 3.8) is 0 Å². The molecule has 0 bridgehead atoms. The second-order valence-corrected chi connectivity index (χ2v) is 4.10. The molecule has 0 atom stereocenters. The number of nitrogens with zero attached hydrogens (tertiary/aromatic N) is 3. The molecule has 1 heterocycles. The summed E-state index contributed by atoms with van der Waals surface area (Å²) in [6.07, 6.45) is 2.47. The minimum absolute atomic E-state index is 0.431. The first-order chi connectivity index (χ1) is 7.20. The lowest BCUT2D eigenvalue weighted by atomic mass is 10.1. The van der Waals surface area contributed by atoms with Crippen molar-refractivity contribution in [3.8, 4) is 5.69 Å². The Labute approximate surface area is 96.2 Å². The molecule has 5 heteroatoms. The van der Waals surface area contributed by atoms with Gasteiger partial charge in [0.1, 0.15) is 0 Å². The van der Waals surface area contributed by atoms with E-state index in [2.05, 4.69) is 39.1 Å². The van der Waals surface area contributed by atoms with Crippen LogP contribution in [0.3, 0.4) is 0 Å². The summed E-state index contributed by atoms with van der Waals surface area (Å²) in [6, 6.07) is 6.01. The highest BCUT2D eigenvalue weighted by molar-refractivity contribution is 9.10. The molecular formula is C10H11BrN4. The third-order valence-electron chi connectivity index (χ3n) is 2.15. The summed E-state index contributed by atoms with van der Waals surface area (Å²) in [5.41, 5.74) is 7.68. The average molecular weight is 267 g/mol. The van der Waals surface area contributed by atoms with E-state index < -0.39 is 0 Å². The molecule has 0 amide bonds. The van der Waals surface area contributed by atoms with Crippen molar-refractivity contribution in [2.24, 2.45) is 0 Å². The number of benzene rings is 1. The lowest BCUT2D eigenvalue weighted by Crippen LogP contribution is -2.03. The van der Waals surface area contributed by atoms with Crippen molar-refractivity contribution in [1.82, 2.24) is 15.0 Å². The number of rotatable bonds is 2. The van der Waals surface area contributed by atoms with Gasteiger partial charge < -0.3 is 5.73 Å². The molecule has 0 aliphatic carbocycles. The van der Waals surface area contributed by atoms with Crippen LogP contribution in [0.2, 0.25) is 0 Å². The highest BCUT2D eigenvalue weighted by Gasteiger charge is 2.06. The lowest BCUT2D eigenvalue weighted by Gasteiger charge is -2.06. The van der Waals surface area contributed by atoms with Crippen LogP contribution in [0.25, 0.3) is 5.69 Å². The maximum absolute atomic E-state index is 5.53. The first kappa shape index (κ1) is 10.2. The van der Waals surface area contributed by atoms with Crippen LogP contribution < -0.4 is 5.73 Å². The van der Waals surface area contributed by atoms with E-state index in [0.717, 1.165) is 16.6 Å². The zero-order chi connectivity index (χ0) is 10.8. The minimum atomic E-state index is 0.431. The fourth-order valence-corrected chi connectivity index (χ4v) is 1.83. The topological polar surface area (TPSA) is 56.7 Å². The molecule has 0 saturated carbocycles. The van der Waals surface area contributed by atoms with Crippen LogP contribution in [0.15, 0.2) is 28.9 Å². The monoisotopic (exact) mass is 266 g/mol. The summed E-state index contributed by atoms with van der Waals surface area (Å²) in [4.78, 5) is 1.56. The Kier molecular flexibility index (Phi) is 2.73. The summed E-state index contributed by atoms with van der Waals surface area (Å²) < 4.78 is 1.06. The Hall–Kier alpha value is -1.36. The maximum Gasteiger partial charge on any atom is 0.166 e. The number of nitrogen functional groups attached to an aromatic ring is 1. The molecule has 0 aliphatic rings. The van der Waals surface area contributed by atoms with Gasteiger partial charge in [-0.05, 0) is 30.2 Å². The SMILES string of the molecule is CCc1cc(Br)ccc1-n1ncc(N)n1. The Balaban J connectivity index is 2.52. The molecule has 2 N–H and O–H groups in total. The van der Waals surface area contributed by atoms with Crippen molar-refractivity contribution in [2.45, 2.75) is 13.3 Å². The van der Waals surface area contributed by atoms with E-state index in [1.165, 1.54) is 5.56 Å². The highest BCUT2D eigenvalue weighted by Crippen LogP contribution is 2.19. The molecule has 0 unspecified atom stereocenters. The summed E-state index contributed by atoms with van der Waals surface area (Å²) in [5, 5.41) is 8.18. The average Bonchev–Trinajstić information content (AvgIpc) is 2.64. The van der Waals surface area contributed by atoms with Crippen LogP contribution in [0.5, 0.6) is 0 Å². The van der Waals surface area contributed by atoms with Gasteiger partial charge in [0.25, 0.3) is 0 Å². The first-order valence-electron chi connectivity index (χ1n) is 4.67. The summed E-state index contributed by atoms with van der Waals surface area (Å²) >= 11 is 3.44. The standard InChI is InChI=1S/C10H11BrN4/c1-2-7-5-8(11)3-4-9(7)15-13-6-10(12)14-15/h3-6H,2H2,1H3,(H2,12,14). The molecule has 15 heavy (non-hydrogen) atoms. The molecule has 0 spiro atoms. The highest BCUT2D eigenvalue weighted by atomic mass is 79.9. The Morgan fingerprint density at radius 1 is 1.47 bits per heavy atom.